The molecular weight excluding hydrogens is 508 g/mol. The van der Waals surface area contributed by atoms with Crippen LogP contribution in [0.4, 0.5) is 0 Å². The third-order valence-electron chi connectivity index (χ3n) is 6.15. The smallest absolute Gasteiger partial charge is 0.302 e. The largest absolute Gasteiger partial charge is 0.493 e. The first kappa shape index (κ1) is 31.4. The van der Waals surface area contributed by atoms with E-state index in [2.05, 4.69) is 0 Å². The zero-order valence-corrected chi connectivity index (χ0v) is 24.1. The van der Waals surface area contributed by atoms with Gasteiger partial charge in [-0.1, -0.05) is 0 Å². The molecule has 2 atom stereocenters. The molecule has 0 aliphatic carbocycles. The van der Waals surface area contributed by atoms with Gasteiger partial charge in [-0.05, 0) is 61.1 Å². The summed E-state index contributed by atoms with van der Waals surface area (Å²) in [7, 11) is 9.32. The van der Waals surface area contributed by atoms with Crippen LogP contribution in [0.15, 0.2) is 24.3 Å². The number of esters is 2. The Balaban J connectivity index is 2.21. The second kappa shape index (κ2) is 15.6. The molecule has 0 N–H and O–H groups in total. The summed E-state index contributed by atoms with van der Waals surface area (Å²) >= 11 is 0. The van der Waals surface area contributed by atoms with Crippen LogP contribution in [0.5, 0.6) is 34.5 Å². The van der Waals surface area contributed by atoms with Gasteiger partial charge in [0.1, 0.15) is 12.2 Å². The molecule has 0 aliphatic rings. The number of benzene rings is 2. The maximum atomic E-state index is 11.9. The number of hydrogen-bond donors (Lipinski definition) is 0. The van der Waals surface area contributed by atoms with E-state index >= 15 is 0 Å². The molecule has 0 radical (unpaired) electrons. The molecule has 2 aromatic carbocycles. The summed E-state index contributed by atoms with van der Waals surface area (Å²) in [6.07, 6.45) is 1.51. The van der Waals surface area contributed by atoms with Gasteiger partial charge < -0.3 is 37.9 Å². The third-order valence-corrected chi connectivity index (χ3v) is 6.15. The van der Waals surface area contributed by atoms with E-state index in [9.17, 15) is 9.59 Å². The van der Waals surface area contributed by atoms with Gasteiger partial charge >= 0.3 is 11.9 Å². The van der Waals surface area contributed by atoms with Crippen LogP contribution in [0.2, 0.25) is 0 Å². The van der Waals surface area contributed by atoms with Crippen molar-refractivity contribution in [1.29, 1.82) is 0 Å². The molecule has 0 bridgehead atoms. The van der Waals surface area contributed by atoms with Gasteiger partial charge in [0, 0.05) is 20.3 Å². The van der Waals surface area contributed by atoms with E-state index in [-0.39, 0.29) is 0 Å². The summed E-state index contributed by atoms with van der Waals surface area (Å²) in [5.74, 6) is 2.35. The quantitative estimate of drug-likeness (QED) is 0.277. The highest BCUT2D eigenvalue weighted by atomic mass is 16.6. The lowest BCUT2D eigenvalue weighted by atomic mass is 9.98. The molecular formula is C29H40O10. The van der Waals surface area contributed by atoms with Gasteiger partial charge in [-0.2, -0.15) is 0 Å². The molecule has 10 nitrogen and oxygen atoms in total. The molecule has 0 unspecified atom stereocenters. The minimum atomic E-state index is -0.481. The summed E-state index contributed by atoms with van der Waals surface area (Å²) in [6.45, 7) is 2.73. The lowest BCUT2D eigenvalue weighted by Crippen LogP contribution is -2.27. The van der Waals surface area contributed by atoms with Gasteiger partial charge in [0.05, 0.1) is 42.7 Å². The Morgan fingerprint density at radius 2 is 0.872 bits per heavy atom. The SMILES string of the molecule is COc1cc(CC[C@@H](C[C@H](CCc2cc(OC)c(OC)c(OC)c2)OC(C)=O)OC(C)=O)cc(OC)c1OC. The van der Waals surface area contributed by atoms with Crippen LogP contribution in [0, 0.1) is 0 Å². The highest BCUT2D eigenvalue weighted by Gasteiger charge is 2.23. The van der Waals surface area contributed by atoms with Gasteiger partial charge in [-0.25, -0.2) is 0 Å². The van der Waals surface area contributed by atoms with E-state index < -0.39 is 24.1 Å². The first-order chi connectivity index (χ1) is 18.7. The Kier molecular flexibility index (Phi) is 12.5. The first-order valence-electron chi connectivity index (χ1n) is 12.6. The van der Waals surface area contributed by atoms with Crippen molar-refractivity contribution in [3.05, 3.63) is 35.4 Å². The molecule has 0 saturated carbocycles. The molecule has 10 heteroatoms. The minimum absolute atomic E-state index is 0.341. The number of rotatable bonds is 16. The molecule has 0 aromatic heterocycles. The van der Waals surface area contributed by atoms with Crippen LogP contribution in [-0.4, -0.2) is 66.8 Å². The molecule has 0 aliphatic heterocycles. The van der Waals surface area contributed by atoms with Crippen molar-refractivity contribution in [2.45, 2.75) is 58.2 Å². The number of ether oxygens (including phenoxy) is 8. The fourth-order valence-corrected chi connectivity index (χ4v) is 4.43. The van der Waals surface area contributed by atoms with Crippen molar-refractivity contribution in [2.24, 2.45) is 0 Å². The van der Waals surface area contributed by atoms with E-state index in [1.807, 2.05) is 24.3 Å². The fourth-order valence-electron chi connectivity index (χ4n) is 4.43. The summed E-state index contributed by atoms with van der Waals surface area (Å²) in [6, 6.07) is 7.45. The van der Waals surface area contributed by atoms with E-state index in [1.165, 1.54) is 13.8 Å². The average Bonchev–Trinajstić information content (AvgIpc) is 2.92. The molecule has 0 fully saturated rings. The number of carbonyl (C=O) groups is 2. The van der Waals surface area contributed by atoms with E-state index in [4.69, 9.17) is 37.9 Å². The van der Waals surface area contributed by atoms with E-state index in [1.54, 1.807) is 42.7 Å². The number of carbonyl (C=O) groups excluding carboxylic acids is 2. The van der Waals surface area contributed by atoms with Gasteiger partial charge in [0.15, 0.2) is 23.0 Å². The molecule has 0 spiro atoms. The second-order valence-electron chi connectivity index (χ2n) is 8.84. The topological polar surface area (TPSA) is 108 Å². The Morgan fingerprint density at radius 3 is 1.10 bits per heavy atom. The van der Waals surface area contributed by atoms with Crippen molar-refractivity contribution in [1.82, 2.24) is 0 Å². The van der Waals surface area contributed by atoms with Crippen LogP contribution in [0.25, 0.3) is 0 Å². The van der Waals surface area contributed by atoms with Gasteiger partial charge in [0.2, 0.25) is 11.5 Å². The van der Waals surface area contributed by atoms with Gasteiger partial charge in [-0.3, -0.25) is 9.59 Å². The third kappa shape index (κ3) is 9.15. The zero-order valence-electron chi connectivity index (χ0n) is 24.1. The minimum Gasteiger partial charge on any atom is -0.493 e. The molecule has 0 saturated heterocycles. The second-order valence-corrected chi connectivity index (χ2v) is 8.84. The number of methoxy groups -OCH3 is 6. The Bertz CT molecular complexity index is 962. The van der Waals surface area contributed by atoms with Gasteiger partial charge in [-0.15, -0.1) is 0 Å². The van der Waals surface area contributed by atoms with E-state index in [0.29, 0.717) is 66.6 Å². The van der Waals surface area contributed by atoms with Crippen molar-refractivity contribution in [3.63, 3.8) is 0 Å². The zero-order chi connectivity index (χ0) is 28.9. The maximum Gasteiger partial charge on any atom is 0.302 e. The highest BCUT2D eigenvalue weighted by Crippen LogP contribution is 2.40. The highest BCUT2D eigenvalue weighted by molar-refractivity contribution is 5.66. The maximum absolute atomic E-state index is 11.9. The summed E-state index contributed by atoms with van der Waals surface area (Å²) in [4.78, 5) is 23.8. The predicted molar refractivity (Wildman–Crippen MR) is 145 cm³/mol. The fraction of sp³-hybridized carbons (Fsp3) is 0.517. The summed E-state index contributed by atoms with van der Waals surface area (Å²) in [5.41, 5.74) is 1.84. The van der Waals surface area contributed by atoms with Crippen LogP contribution < -0.4 is 28.4 Å². The molecule has 2 aromatic rings. The average molecular weight is 549 g/mol. The lowest BCUT2D eigenvalue weighted by Gasteiger charge is -2.24. The molecule has 39 heavy (non-hydrogen) atoms. The van der Waals surface area contributed by atoms with Crippen LogP contribution in [-0.2, 0) is 31.9 Å². The molecule has 0 amide bonds. The van der Waals surface area contributed by atoms with Crippen molar-refractivity contribution >= 4 is 11.9 Å². The Morgan fingerprint density at radius 1 is 0.564 bits per heavy atom. The van der Waals surface area contributed by atoms with Crippen molar-refractivity contribution in [3.8, 4) is 34.5 Å². The first-order valence-corrected chi connectivity index (χ1v) is 12.6. The summed E-state index contributed by atoms with van der Waals surface area (Å²) < 4.78 is 43.8. The predicted octanol–water partition coefficient (Wildman–Crippen LogP) is 4.56. The Hall–Kier alpha value is -3.82. The number of hydrogen-bond acceptors (Lipinski definition) is 10. The molecule has 0 heterocycles. The van der Waals surface area contributed by atoms with Crippen molar-refractivity contribution < 1.29 is 47.5 Å². The van der Waals surface area contributed by atoms with Gasteiger partial charge in [0.25, 0.3) is 0 Å². The molecule has 2 rings (SSSR count). The van der Waals surface area contributed by atoms with Crippen molar-refractivity contribution in [2.75, 3.05) is 42.7 Å². The van der Waals surface area contributed by atoms with Crippen LogP contribution in [0.1, 0.15) is 44.2 Å². The Labute approximate surface area is 230 Å². The number of aryl methyl sites for hydroxylation is 2. The molecule has 216 valence electrons. The standard InChI is InChI=1S/C29H40O10/c1-18(30)38-22(11-9-20-13-24(32-3)28(36-7)25(14-20)33-4)17-23(39-19(2)31)12-10-21-15-26(34-5)29(37-8)27(16-21)35-6/h13-16,22-23H,9-12,17H2,1-8H3/t22-,23-/m0/s1. The normalized spacial score (nSPS) is 12.1. The van der Waals surface area contributed by atoms with Crippen LogP contribution in [0.3, 0.4) is 0 Å². The monoisotopic (exact) mass is 548 g/mol. The summed E-state index contributed by atoms with van der Waals surface area (Å²) in [5, 5.41) is 0. The van der Waals surface area contributed by atoms with Crippen LogP contribution >= 0.6 is 0 Å². The lowest BCUT2D eigenvalue weighted by molar-refractivity contribution is -0.153. The van der Waals surface area contributed by atoms with E-state index in [0.717, 1.165) is 11.1 Å².